The Hall–Kier alpha value is -2.18. The summed E-state index contributed by atoms with van der Waals surface area (Å²) in [4.78, 5) is 15.4. The number of hydrogen-bond donors (Lipinski definition) is 0. The lowest BCUT2D eigenvalue weighted by Gasteiger charge is -2.08. The first-order valence-electron chi connectivity index (χ1n) is 5.45. The van der Waals surface area contributed by atoms with Crippen molar-refractivity contribution in [2.75, 3.05) is 0 Å². The van der Waals surface area contributed by atoms with Crippen LogP contribution in [0.2, 0.25) is 0 Å². The van der Waals surface area contributed by atoms with E-state index < -0.39 is 11.7 Å². The molecule has 0 aliphatic rings. The van der Waals surface area contributed by atoms with Gasteiger partial charge in [-0.1, -0.05) is 18.2 Å². The van der Waals surface area contributed by atoms with Gasteiger partial charge in [-0.15, -0.1) is 0 Å². The Balaban J connectivity index is 2.05. The fourth-order valence-corrected chi connectivity index (χ4v) is 1.64. The van der Waals surface area contributed by atoms with Crippen molar-refractivity contribution in [2.45, 2.75) is 19.1 Å². The number of rotatable bonds is 4. The number of benzene rings is 1. The molecule has 0 aliphatic heterocycles. The van der Waals surface area contributed by atoms with Crippen molar-refractivity contribution in [1.29, 1.82) is 0 Å². The quantitative estimate of drug-likeness (QED) is 0.854. The summed E-state index contributed by atoms with van der Waals surface area (Å²) in [6.07, 6.45) is -1.80. The summed E-state index contributed by atoms with van der Waals surface area (Å²) >= 11 is 0. The van der Waals surface area contributed by atoms with Crippen molar-refractivity contribution in [3.63, 3.8) is 0 Å². The van der Waals surface area contributed by atoms with E-state index in [1.54, 1.807) is 0 Å². The van der Waals surface area contributed by atoms with E-state index in [0.717, 1.165) is 12.1 Å². The average Bonchev–Trinajstić information content (AvgIpc) is 2.80. The fraction of sp³-hybridized carbons (Fsp3) is 0.250. The summed E-state index contributed by atoms with van der Waals surface area (Å²) in [5.74, 6) is -0.232. The maximum atomic E-state index is 12.5. The van der Waals surface area contributed by atoms with E-state index >= 15 is 0 Å². The van der Waals surface area contributed by atoms with Crippen LogP contribution in [0.5, 0.6) is 0 Å². The van der Waals surface area contributed by atoms with Gasteiger partial charge in [-0.2, -0.15) is 18.3 Å². The molecule has 19 heavy (non-hydrogen) atoms. The second-order valence-electron chi connectivity index (χ2n) is 4.01. The number of carbonyl (C=O) groups is 1. The van der Waals surface area contributed by atoms with E-state index in [0.29, 0.717) is 5.56 Å². The van der Waals surface area contributed by atoms with Gasteiger partial charge < -0.3 is 0 Å². The van der Waals surface area contributed by atoms with Crippen LogP contribution >= 0.6 is 0 Å². The summed E-state index contributed by atoms with van der Waals surface area (Å²) in [5, 5.41) is 3.76. The molecule has 0 saturated carbocycles. The smallest absolute Gasteiger partial charge is 0.297 e. The molecule has 0 N–H and O–H groups in total. The molecule has 1 heterocycles. The molecule has 2 rings (SSSR count). The first kappa shape index (κ1) is 13.3. The number of Topliss-reactive ketones (excluding diaryl/α,β-unsaturated/α-hetero) is 1. The van der Waals surface area contributed by atoms with Crippen molar-refractivity contribution in [3.05, 3.63) is 48.0 Å². The van der Waals surface area contributed by atoms with Crippen molar-refractivity contribution in [3.8, 4) is 0 Å². The van der Waals surface area contributed by atoms with E-state index in [-0.39, 0.29) is 18.7 Å². The number of nitrogens with zero attached hydrogens (tertiary/aromatic N) is 3. The normalized spacial score (nSPS) is 11.5. The van der Waals surface area contributed by atoms with Crippen molar-refractivity contribution in [1.82, 2.24) is 14.8 Å². The Morgan fingerprint density at radius 2 is 2.11 bits per heavy atom. The van der Waals surface area contributed by atoms with Crippen LogP contribution < -0.4 is 0 Å². The van der Waals surface area contributed by atoms with Crippen LogP contribution in [0, 0.1) is 0 Å². The molecule has 2 aromatic rings. The summed E-state index contributed by atoms with van der Waals surface area (Å²) in [6.45, 7) is -0.00372. The number of alkyl halides is 3. The minimum Gasteiger partial charge on any atom is -0.297 e. The monoisotopic (exact) mass is 269 g/mol. The zero-order valence-electron chi connectivity index (χ0n) is 9.76. The first-order chi connectivity index (χ1) is 8.95. The van der Waals surface area contributed by atoms with Gasteiger partial charge in [0.25, 0.3) is 0 Å². The summed E-state index contributed by atoms with van der Waals surface area (Å²) in [5.41, 5.74) is -0.418. The molecule has 7 heteroatoms. The van der Waals surface area contributed by atoms with E-state index in [9.17, 15) is 18.0 Å². The van der Waals surface area contributed by atoms with Gasteiger partial charge in [-0.25, -0.2) is 9.67 Å². The van der Waals surface area contributed by atoms with E-state index in [1.165, 1.54) is 29.5 Å². The number of carbonyl (C=O) groups excluding carboxylic acids is 1. The lowest BCUT2D eigenvalue weighted by atomic mass is 10.1. The molecule has 0 atom stereocenters. The molecule has 0 unspecified atom stereocenters. The van der Waals surface area contributed by atoms with Crippen LogP contribution in [0.3, 0.4) is 0 Å². The summed E-state index contributed by atoms with van der Waals surface area (Å²) < 4.78 is 38.8. The number of hydrogen-bond acceptors (Lipinski definition) is 3. The van der Waals surface area contributed by atoms with Gasteiger partial charge in [0.15, 0.2) is 5.78 Å². The average molecular weight is 269 g/mol. The van der Waals surface area contributed by atoms with E-state index in [2.05, 4.69) is 10.1 Å². The third-order valence-corrected chi connectivity index (χ3v) is 2.46. The topological polar surface area (TPSA) is 47.8 Å². The van der Waals surface area contributed by atoms with Crippen LogP contribution in [-0.2, 0) is 23.9 Å². The fourth-order valence-electron chi connectivity index (χ4n) is 1.64. The lowest BCUT2D eigenvalue weighted by Crippen LogP contribution is -2.13. The standard InChI is InChI=1S/C12H10F3N3O/c13-12(14,15)10-3-1-2-9(4-10)5-11(19)6-18-8-16-7-17-18/h1-4,7-8H,5-6H2. The van der Waals surface area contributed by atoms with Crippen LogP contribution in [-0.4, -0.2) is 20.5 Å². The molecule has 0 saturated heterocycles. The maximum absolute atomic E-state index is 12.5. The van der Waals surface area contributed by atoms with Crippen LogP contribution in [0.1, 0.15) is 11.1 Å². The van der Waals surface area contributed by atoms with Gasteiger partial charge in [-0.3, -0.25) is 4.79 Å². The summed E-state index contributed by atoms with van der Waals surface area (Å²) in [7, 11) is 0. The Bertz CT molecular complexity index is 564. The van der Waals surface area contributed by atoms with Crippen molar-refractivity contribution < 1.29 is 18.0 Å². The molecule has 0 radical (unpaired) electrons. The Morgan fingerprint density at radius 1 is 1.32 bits per heavy atom. The number of halogens is 3. The molecule has 0 fully saturated rings. The predicted molar refractivity (Wildman–Crippen MR) is 60.2 cm³/mol. The molecule has 0 amide bonds. The minimum absolute atomic E-state index is 0.00372. The number of ketones is 1. The SMILES string of the molecule is O=C(Cc1cccc(C(F)(F)F)c1)Cn1cncn1. The van der Waals surface area contributed by atoms with Gasteiger partial charge in [0.2, 0.25) is 0 Å². The van der Waals surface area contributed by atoms with Gasteiger partial charge in [0.1, 0.15) is 19.2 Å². The minimum atomic E-state index is -4.40. The number of aromatic nitrogens is 3. The largest absolute Gasteiger partial charge is 0.416 e. The van der Waals surface area contributed by atoms with Gasteiger partial charge in [0.05, 0.1) is 5.56 Å². The predicted octanol–water partition coefficient (Wildman–Crippen LogP) is 2.11. The van der Waals surface area contributed by atoms with Gasteiger partial charge in [-0.05, 0) is 11.6 Å². The molecule has 4 nitrogen and oxygen atoms in total. The summed E-state index contributed by atoms with van der Waals surface area (Å²) in [6, 6.07) is 4.75. The Labute approximate surface area is 106 Å². The molecule has 1 aromatic carbocycles. The molecular weight excluding hydrogens is 259 g/mol. The van der Waals surface area contributed by atoms with E-state index in [4.69, 9.17) is 0 Å². The maximum Gasteiger partial charge on any atom is 0.416 e. The van der Waals surface area contributed by atoms with E-state index in [1.807, 2.05) is 0 Å². The molecule has 0 spiro atoms. The first-order valence-corrected chi connectivity index (χ1v) is 5.45. The lowest BCUT2D eigenvalue weighted by molar-refractivity contribution is -0.137. The van der Waals surface area contributed by atoms with Gasteiger partial charge in [0, 0.05) is 6.42 Å². The molecular formula is C12H10F3N3O. The highest BCUT2D eigenvalue weighted by molar-refractivity contribution is 5.80. The molecule has 0 bridgehead atoms. The van der Waals surface area contributed by atoms with Crippen molar-refractivity contribution >= 4 is 5.78 Å². The highest BCUT2D eigenvalue weighted by Gasteiger charge is 2.30. The van der Waals surface area contributed by atoms with Crippen LogP contribution in [0.25, 0.3) is 0 Å². The molecule has 0 aliphatic carbocycles. The second kappa shape index (κ2) is 5.21. The highest BCUT2D eigenvalue weighted by Crippen LogP contribution is 2.29. The second-order valence-corrected chi connectivity index (χ2v) is 4.01. The molecule has 1 aromatic heterocycles. The Morgan fingerprint density at radius 3 is 2.74 bits per heavy atom. The third kappa shape index (κ3) is 3.64. The van der Waals surface area contributed by atoms with Gasteiger partial charge >= 0.3 is 6.18 Å². The Kier molecular flexibility index (Phi) is 3.64. The van der Waals surface area contributed by atoms with Crippen molar-refractivity contribution in [2.24, 2.45) is 0 Å². The highest BCUT2D eigenvalue weighted by atomic mass is 19.4. The van der Waals surface area contributed by atoms with Crippen LogP contribution in [0.4, 0.5) is 13.2 Å². The third-order valence-electron chi connectivity index (χ3n) is 2.46. The zero-order valence-corrected chi connectivity index (χ0v) is 9.76. The zero-order chi connectivity index (χ0) is 13.9. The molecule has 100 valence electrons. The van der Waals surface area contributed by atoms with Crippen LogP contribution in [0.15, 0.2) is 36.9 Å².